The highest BCUT2D eigenvalue weighted by Gasteiger charge is 2.29. The number of carbonyl (C=O) groups is 9. The maximum Gasteiger partial charge on any atom is 0.305 e. The molecule has 4 rings (SSSR count). The Morgan fingerprint density at radius 3 is 0.977 bits per heavy atom. The number of carboxylic acid groups (broad SMARTS) is 1. The maximum atomic E-state index is 14.4. The van der Waals surface area contributed by atoms with Crippen molar-refractivity contribution >= 4 is 70.6 Å². The fourth-order valence-electron chi connectivity index (χ4n) is 8.97. The lowest BCUT2D eigenvalue weighted by molar-refractivity contribution is -0.137. The number of aliphatic imine (C=N–C) groups is 3. The van der Waals surface area contributed by atoms with Crippen molar-refractivity contribution in [2.45, 2.75) is 95.7 Å². The average molecular weight is 1190 g/mol. The number of amides is 4. The van der Waals surface area contributed by atoms with Gasteiger partial charge in [-0.25, -0.2) is 0 Å². The predicted octanol–water partition coefficient (Wildman–Crippen LogP) is 0.948. The van der Waals surface area contributed by atoms with Crippen LogP contribution in [-0.4, -0.2) is 148 Å². The van der Waals surface area contributed by atoms with Crippen LogP contribution in [0.1, 0.15) is 116 Å². The van der Waals surface area contributed by atoms with E-state index in [2.05, 4.69) is 36.2 Å². The molecule has 3 atom stereocenters. The van der Waals surface area contributed by atoms with Gasteiger partial charge in [0.2, 0.25) is 0 Å². The Labute approximate surface area is 497 Å². The largest absolute Gasteiger partial charge is 0.496 e. The third kappa shape index (κ3) is 22.2. The molecule has 0 heterocycles. The van der Waals surface area contributed by atoms with Gasteiger partial charge in [-0.3, -0.25) is 58.1 Å². The van der Waals surface area contributed by atoms with Crippen LogP contribution in [0.2, 0.25) is 0 Å². The first-order valence-electron chi connectivity index (χ1n) is 27.3. The van der Waals surface area contributed by atoms with Gasteiger partial charge in [0.1, 0.15) is 28.8 Å². The summed E-state index contributed by atoms with van der Waals surface area (Å²) in [4.78, 5) is 133. The zero-order chi connectivity index (χ0) is 63.5. The molecular weight excluding hydrogens is 1110 g/mol. The number of ether oxygens (including phenoxy) is 4. The van der Waals surface area contributed by atoms with Crippen molar-refractivity contribution in [1.29, 1.82) is 0 Å². The third-order valence-electron chi connectivity index (χ3n) is 13.2. The van der Waals surface area contributed by atoms with Gasteiger partial charge in [-0.05, 0) is 116 Å². The number of benzene rings is 4. The second-order valence-corrected chi connectivity index (χ2v) is 19.8. The van der Waals surface area contributed by atoms with Crippen LogP contribution in [0.3, 0.4) is 0 Å². The van der Waals surface area contributed by atoms with Crippen LogP contribution in [0.5, 0.6) is 23.0 Å². The zero-order valence-corrected chi connectivity index (χ0v) is 48.8. The molecular formula is C59H77N13O14. The van der Waals surface area contributed by atoms with Gasteiger partial charge in [-0.2, -0.15) is 0 Å². The van der Waals surface area contributed by atoms with Gasteiger partial charge in [0, 0.05) is 51.9 Å². The van der Waals surface area contributed by atoms with Gasteiger partial charge in [-0.15, -0.1) is 0 Å². The monoisotopic (exact) mass is 1190 g/mol. The maximum absolute atomic E-state index is 14.4. The number of ketones is 4. The van der Waals surface area contributed by atoms with E-state index < -0.39 is 65.1 Å². The standard InChI is InChI=1S/C59H77N13O14/c1-33(73)25-34-12-16-49(84-3)39(26-34)54(80)70-43(10-7-22-68-58(62)63)46(75)31-36-14-18-51(86-5)41(28-36)56(82)72-44(11-8-23-69-59(64)65)47(76)32-37-15-19-50(85-4)40(29-37)55(81)71-42(9-6-21-67-57(60)61)45(74)30-35-13-17-48(83-2)38(27-35)53(79)66-24-20-52(77)78/h12-19,26-29,42-44H,6-11,20-25,30-32H2,1-5H3,(H,66,79)(H,70,80)(H,71,81)(H,72,82)(H,77,78)(H4,60,61,67)(H4,62,63,68)(H4,64,65,69)/t42-,43-,44-/m0/s1. The number of carbonyl (C=O) groups excluding carboxylic acids is 8. The number of guanidine groups is 3. The van der Waals surface area contributed by atoms with Crippen molar-refractivity contribution < 1.29 is 67.2 Å². The van der Waals surface area contributed by atoms with E-state index in [1.165, 1.54) is 77.8 Å². The van der Waals surface area contributed by atoms with Crippen molar-refractivity contribution in [1.82, 2.24) is 21.3 Å². The summed E-state index contributed by atoms with van der Waals surface area (Å²) in [6.45, 7) is 1.64. The van der Waals surface area contributed by atoms with Gasteiger partial charge in [0.25, 0.3) is 23.6 Å². The van der Waals surface area contributed by atoms with Crippen LogP contribution in [0.15, 0.2) is 87.8 Å². The molecule has 0 aliphatic carbocycles. The number of hydrogen-bond acceptors (Lipinski definition) is 16. The molecule has 0 spiro atoms. The Hall–Kier alpha value is -10.1. The van der Waals surface area contributed by atoms with Crippen LogP contribution in [0.25, 0.3) is 0 Å². The van der Waals surface area contributed by atoms with E-state index in [0.29, 0.717) is 28.7 Å². The Kier molecular flexibility index (Phi) is 27.5. The van der Waals surface area contributed by atoms with E-state index in [4.69, 9.17) is 58.5 Å². The number of carboxylic acids is 1. The minimum absolute atomic E-state index is 0.0306. The molecule has 4 amide bonds. The number of methoxy groups -OCH3 is 4. The normalized spacial score (nSPS) is 11.7. The minimum Gasteiger partial charge on any atom is -0.496 e. The molecule has 0 fully saturated rings. The van der Waals surface area contributed by atoms with E-state index in [0.717, 1.165) is 0 Å². The summed E-state index contributed by atoms with van der Waals surface area (Å²) in [5.41, 5.74) is 35.0. The molecule has 0 aromatic heterocycles. The lowest BCUT2D eigenvalue weighted by Crippen LogP contribution is -2.42. The molecule has 0 saturated heterocycles. The summed E-state index contributed by atoms with van der Waals surface area (Å²) in [7, 11) is 5.41. The van der Waals surface area contributed by atoms with Gasteiger partial charge in [-0.1, -0.05) is 24.3 Å². The average Bonchev–Trinajstić information content (AvgIpc) is 2.63. The highest BCUT2D eigenvalue weighted by Crippen LogP contribution is 2.26. The van der Waals surface area contributed by atoms with Gasteiger partial charge in [0.15, 0.2) is 35.2 Å². The minimum atomic E-state index is -1.18. The molecule has 86 heavy (non-hydrogen) atoms. The Morgan fingerprint density at radius 1 is 0.442 bits per heavy atom. The van der Waals surface area contributed by atoms with Crippen molar-refractivity contribution in [2.75, 3.05) is 54.6 Å². The molecule has 462 valence electrons. The SMILES string of the molecule is COc1ccc(CC(=O)[C@H](CCCN=C(N)N)NC(=O)c2cc(CC(=O)[C@H](CCCN=C(N)N)NC(=O)c3cc(CC(=O)[C@H](CCCN=C(N)N)NC(=O)c4cc(CC(C)=O)ccc4OC)ccc3OC)ccc2OC)cc1C(=O)NCCC(=O)O. The zero-order valence-electron chi connectivity index (χ0n) is 48.8. The first kappa shape index (κ1) is 68.4. The number of rotatable bonds is 37. The molecule has 4 aromatic rings. The summed E-state index contributed by atoms with van der Waals surface area (Å²) < 4.78 is 21.9. The van der Waals surface area contributed by atoms with Crippen molar-refractivity contribution in [3.63, 3.8) is 0 Å². The molecule has 0 radical (unpaired) electrons. The van der Waals surface area contributed by atoms with E-state index in [-0.39, 0.29) is 159 Å². The van der Waals surface area contributed by atoms with Crippen molar-refractivity contribution in [2.24, 2.45) is 49.4 Å². The van der Waals surface area contributed by atoms with Crippen LogP contribution in [0.4, 0.5) is 0 Å². The first-order chi connectivity index (χ1) is 41.0. The second kappa shape index (κ2) is 34.5. The topological polar surface area (TPSA) is 452 Å². The quantitative estimate of drug-likeness (QED) is 0.0170. The number of nitrogens with one attached hydrogen (secondary N) is 4. The molecule has 0 bridgehead atoms. The number of hydrogen-bond donors (Lipinski definition) is 11. The molecule has 4 aromatic carbocycles. The van der Waals surface area contributed by atoms with Gasteiger partial charge < -0.3 is 79.7 Å². The Balaban J connectivity index is 1.62. The lowest BCUT2D eigenvalue weighted by Gasteiger charge is -2.21. The number of nitrogens with zero attached hydrogens (tertiary/aromatic N) is 3. The second-order valence-electron chi connectivity index (χ2n) is 19.8. The highest BCUT2D eigenvalue weighted by atomic mass is 16.5. The van der Waals surface area contributed by atoms with Crippen molar-refractivity contribution in [3.8, 4) is 23.0 Å². The molecule has 0 aliphatic rings. The van der Waals surface area contributed by atoms with Gasteiger partial charge in [0.05, 0.1) is 75.2 Å². The summed E-state index contributed by atoms with van der Waals surface area (Å²) in [6.07, 6.45) is -0.102. The summed E-state index contributed by atoms with van der Waals surface area (Å²) in [6, 6.07) is 14.8. The summed E-state index contributed by atoms with van der Waals surface area (Å²) in [5.74, 6) is -5.29. The van der Waals surface area contributed by atoms with Crippen LogP contribution < -0.4 is 74.6 Å². The smallest absolute Gasteiger partial charge is 0.305 e. The fraction of sp³-hybridized carbons (Fsp3) is 0.390. The number of nitrogens with two attached hydrogens (primary N) is 6. The van der Waals surface area contributed by atoms with Crippen LogP contribution in [-0.2, 0) is 49.7 Å². The fourth-order valence-corrected chi connectivity index (χ4v) is 8.97. The van der Waals surface area contributed by atoms with E-state index in [1.54, 1.807) is 30.3 Å². The lowest BCUT2D eigenvalue weighted by atomic mass is 9.96. The first-order valence-corrected chi connectivity index (χ1v) is 27.3. The number of Topliss-reactive ketones (excluding diaryl/α,β-unsaturated/α-hetero) is 4. The Morgan fingerprint density at radius 2 is 0.721 bits per heavy atom. The van der Waals surface area contributed by atoms with Crippen molar-refractivity contribution in [3.05, 3.63) is 117 Å². The van der Waals surface area contributed by atoms with E-state index in [9.17, 15) is 43.2 Å². The number of aliphatic carboxylic acids is 1. The molecule has 0 unspecified atom stereocenters. The van der Waals surface area contributed by atoms with Crippen LogP contribution >= 0.6 is 0 Å². The Bertz CT molecular complexity index is 3190. The summed E-state index contributed by atoms with van der Waals surface area (Å²) >= 11 is 0. The molecule has 27 nitrogen and oxygen atoms in total. The van der Waals surface area contributed by atoms with E-state index >= 15 is 0 Å². The molecule has 27 heteroatoms. The van der Waals surface area contributed by atoms with Gasteiger partial charge >= 0.3 is 5.97 Å². The highest BCUT2D eigenvalue weighted by molar-refractivity contribution is 6.04. The molecule has 0 aliphatic heterocycles. The molecule has 17 N–H and O–H groups in total. The predicted molar refractivity (Wildman–Crippen MR) is 321 cm³/mol. The van der Waals surface area contributed by atoms with Crippen LogP contribution in [0, 0.1) is 0 Å². The van der Waals surface area contributed by atoms with E-state index in [1.807, 2.05) is 0 Å². The molecule has 0 saturated carbocycles. The summed E-state index contributed by atoms with van der Waals surface area (Å²) in [5, 5.41) is 19.9. The third-order valence-corrected chi connectivity index (χ3v) is 13.2.